The normalized spacial score (nSPS) is 13.2. The van der Waals surface area contributed by atoms with Crippen molar-refractivity contribution in [3.63, 3.8) is 0 Å². The predicted molar refractivity (Wildman–Crippen MR) is 50.4 cm³/mol. The van der Waals surface area contributed by atoms with Crippen molar-refractivity contribution < 1.29 is 5.11 Å². The second-order valence-electron chi connectivity index (χ2n) is 3.42. The Morgan fingerprint density at radius 2 is 2.15 bits per heavy atom. The van der Waals surface area contributed by atoms with Gasteiger partial charge in [0.25, 0.3) is 0 Å². The molecule has 0 spiro atoms. The lowest BCUT2D eigenvalue weighted by molar-refractivity contribution is 0.179. The number of aliphatic hydroxyl groups is 1. The number of hydrogen-bond acceptors (Lipinski definition) is 3. The Balaban J connectivity index is 2.40. The highest BCUT2D eigenvalue weighted by molar-refractivity contribution is 4.87. The van der Waals surface area contributed by atoms with E-state index in [1.165, 1.54) is 0 Å². The molecule has 0 aromatic carbocycles. The fourth-order valence-corrected chi connectivity index (χ4v) is 1.31. The van der Waals surface area contributed by atoms with Crippen molar-refractivity contribution in [2.75, 3.05) is 0 Å². The highest BCUT2D eigenvalue weighted by atomic mass is 16.3. The Labute approximate surface area is 78.6 Å². The molecule has 0 fully saturated rings. The average molecular weight is 183 g/mol. The van der Waals surface area contributed by atoms with Crippen molar-refractivity contribution in [3.8, 4) is 0 Å². The van der Waals surface area contributed by atoms with Crippen LogP contribution < -0.4 is 0 Å². The number of nitrogens with zero attached hydrogens (tertiary/aromatic N) is 3. The molecule has 0 aliphatic rings. The van der Waals surface area contributed by atoms with E-state index in [4.69, 9.17) is 5.11 Å². The molecule has 0 aliphatic heterocycles. The number of hydrogen-bond donors (Lipinski definition) is 1. The lowest BCUT2D eigenvalue weighted by atomic mass is 10.2. The Morgan fingerprint density at radius 1 is 1.46 bits per heavy atom. The Bertz CT molecular complexity index is 268. The Kier molecular flexibility index (Phi) is 3.42. The van der Waals surface area contributed by atoms with Gasteiger partial charge in [0.05, 0.1) is 6.10 Å². The monoisotopic (exact) mass is 183 g/mol. The van der Waals surface area contributed by atoms with Crippen LogP contribution in [0.5, 0.6) is 0 Å². The van der Waals surface area contributed by atoms with Crippen LogP contribution in [0.3, 0.4) is 0 Å². The molecule has 1 aromatic rings. The fraction of sp³-hybridized carbons (Fsp3) is 0.778. The zero-order valence-electron chi connectivity index (χ0n) is 8.49. The van der Waals surface area contributed by atoms with E-state index in [1.54, 1.807) is 6.92 Å². The van der Waals surface area contributed by atoms with E-state index in [0.717, 1.165) is 31.0 Å². The zero-order chi connectivity index (χ0) is 9.84. The molecule has 1 N–H and O–H groups in total. The molecule has 74 valence electrons. The number of aliphatic hydroxyl groups excluding tert-OH is 1. The molecule has 0 saturated carbocycles. The molecule has 4 nitrogen and oxygen atoms in total. The van der Waals surface area contributed by atoms with E-state index >= 15 is 0 Å². The predicted octanol–water partition coefficient (Wildman–Crippen LogP) is 1.06. The molecule has 13 heavy (non-hydrogen) atoms. The molecule has 0 radical (unpaired) electrons. The molecule has 1 heterocycles. The van der Waals surface area contributed by atoms with Crippen LogP contribution in [0.2, 0.25) is 0 Å². The molecular formula is C9H17N3O. The topological polar surface area (TPSA) is 50.9 Å². The second-order valence-corrected chi connectivity index (χ2v) is 3.42. The van der Waals surface area contributed by atoms with Gasteiger partial charge in [-0.1, -0.05) is 0 Å². The second kappa shape index (κ2) is 4.37. The zero-order valence-corrected chi connectivity index (χ0v) is 8.49. The SMILES string of the molecule is Cc1nc(C)n(CCCC(C)O)n1. The third-order valence-corrected chi connectivity index (χ3v) is 1.95. The highest BCUT2D eigenvalue weighted by Crippen LogP contribution is 2.01. The van der Waals surface area contributed by atoms with Crippen LogP contribution in [-0.2, 0) is 6.54 Å². The van der Waals surface area contributed by atoms with Crippen LogP contribution in [0.1, 0.15) is 31.4 Å². The number of rotatable bonds is 4. The molecule has 0 bridgehead atoms. The molecule has 0 aliphatic carbocycles. The maximum atomic E-state index is 9.06. The standard InChI is InChI=1S/C9H17N3O/c1-7(13)5-4-6-12-9(3)10-8(2)11-12/h7,13H,4-6H2,1-3H3. The molecule has 1 atom stereocenters. The van der Waals surface area contributed by atoms with Gasteiger partial charge >= 0.3 is 0 Å². The summed E-state index contributed by atoms with van der Waals surface area (Å²) in [7, 11) is 0. The van der Waals surface area contributed by atoms with E-state index in [9.17, 15) is 0 Å². The van der Waals surface area contributed by atoms with Crippen molar-refractivity contribution in [1.29, 1.82) is 0 Å². The van der Waals surface area contributed by atoms with Gasteiger partial charge in [-0.25, -0.2) is 4.98 Å². The summed E-state index contributed by atoms with van der Waals surface area (Å²) in [6.07, 6.45) is 1.55. The van der Waals surface area contributed by atoms with Crippen molar-refractivity contribution >= 4 is 0 Å². The lowest BCUT2D eigenvalue weighted by Gasteiger charge is -2.04. The molecule has 4 heteroatoms. The first-order valence-corrected chi connectivity index (χ1v) is 4.65. The summed E-state index contributed by atoms with van der Waals surface area (Å²) in [5.41, 5.74) is 0. The van der Waals surface area contributed by atoms with E-state index in [-0.39, 0.29) is 6.10 Å². The van der Waals surface area contributed by atoms with Gasteiger partial charge in [0.1, 0.15) is 11.6 Å². The third-order valence-electron chi connectivity index (χ3n) is 1.95. The van der Waals surface area contributed by atoms with E-state index in [1.807, 2.05) is 18.5 Å². The van der Waals surface area contributed by atoms with Crippen LogP contribution in [0, 0.1) is 13.8 Å². The van der Waals surface area contributed by atoms with Gasteiger partial charge < -0.3 is 5.11 Å². The minimum atomic E-state index is -0.218. The summed E-state index contributed by atoms with van der Waals surface area (Å²) in [4.78, 5) is 4.20. The first-order chi connectivity index (χ1) is 6.09. The summed E-state index contributed by atoms with van der Waals surface area (Å²) >= 11 is 0. The van der Waals surface area contributed by atoms with E-state index in [2.05, 4.69) is 10.1 Å². The molecule has 1 unspecified atom stereocenters. The fourth-order valence-electron chi connectivity index (χ4n) is 1.31. The summed E-state index contributed by atoms with van der Waals surface area (Å²) < 4.78 is 1.89. The summed E-state index contributed by atoms with van der Waals surface area (Å²) in [6.45, 7) is 6.48. The Hall–Kier alpha value is -0.900. The van der Waals surface area contributed by atoms with Gasteiger partial charge in [-0.2, -0.15) is 5.10 Å². The summed E-state index contributed by atoms with van der Waals surface area (Å²) in [5.74, 6) is 1.76. The minimum Gasteiger partial charge on any atom is -0.393 e. The van der Waals surface area contributed by atoms with Gasteiger partial charge in [-0.3, -0.25) is 4.68 Å². The van der Waals surface area contributed by atoms with E-state index in [0.29, 0.717) is 0 Å². The van der Waals surface area contributed by atoms with Crippen LogP contribution in [-0.4, -0.2) is 26.0 Å². The van der Waals surface area contributed by atoms with Gasteiger partial charge in [0.15, 0.2) is 0 Å². The first kappa shape index (κ1) is 10.2. The molecule has 1 rings (SSSR count). The van der Waals surface area contributed by atoms with Gasteiger partial charge in [-0.15, -0.1) is 0 Å². The van der Waals surface area contributed by atoms with Crippen molar-refractivity contribution in [3.05, 3.63) is 11.6 Å². The van der Waals surface area contributed by atoms with Crippen molar-refractivity contribution in [1.82, 2.24) is 14.8 Å². The van der Waals surface area contributed by atoms with Crippen LogP contribution in [0.15, 0.2) is 0 Å². The number of aromatic nitrogens is 3. The smallest absolute Gasteiger partial charge is 0.147 e. The molecular weight excluding hydrogens is 166 g/mol. The maximum Gasteiger partial charge on any atom is 0.147 e. The molecule has 0 saturated heterocycles. The minimum absolute atomic E-state index is 0.218. The first-order valence-electron chi connectivity index (χ1n) is 4.65. The van der Waals surface area contributed by atoms with Crippen molar-refractivity contribution in [2.45, 2.75) is 46.3 Å². The molecule has 1 aromatic heterocycles. The average Bonchev–Trinajstić information content (AvgIpc) is 2.29. The highest BCUT2D eigenvalue weighted by Gasteiger charge is 2.02. The quantitative estimate of drug-likeness (QED) is 0.759. The van der Waals surface area contributed by atoms with Crippen LogP contribution in [0.4, 0.5) is 0 Å². The van der Waals surface area contributed by atoms with Gasteiger partial charge in [0.2, 0.25) is 0 Å². The van der Waals surface area contributed by atoms with Gasteiger partial charge in [0, 0.05) is 6.54 Å². The van der Waals surface area contributed by atoms with Crippen LogP contribution in [0.25, 0.3) is 0 Å². The number of aryl methyl sites for hydroxylation is 3. The summed E-state index contributed by atoms with van der Waals surface area (Å²) in [6, 6.07) is 0. The lowest BCUT2D eigenvalue weighted by Crippen LogP contribution is -2.06. The largest absolute Gasteiger partial charge is 0.393 e. The third kappa shape index (κ3) is 3.14. The Morgan fingerprint density at radius 3 is 2.62 bits per heavy atom. The van der Waals surface area contributed by atoms with Crippen LogP contribution >= 0.6 is 0 Å². The summed E-state index contributed by atoms with van der Waals surface area (Å²) in [5, 5.41) is 13.3. The maximum absolute atomic E-state index is 9.06. The van der Waals surface area contributed by atoms with Crippen molar-refractivity contribution in [2.24, 2.45) is 0 Å². The van der Waals surface area contributed by atoms with E-state index < -0.39 is 0 Å². The molecule has 0 amide bonds. The van der Waals surface area contributed by atoms with Gasteiger partial charge in [-0.05, 0) is 33.6 Å².